The van der Waals surface area contributed by atoms with Gasteiger partial charge in [-0.15, -0.1) is 0 Å². The van der Waals surface area contributed by atoms with E-state index >= 15 is 0 Å². The minimum atomic E-state index is -0.415. The van der Waals surface area contributed by atoms with Crippen LogP contribution in [0.25, 0.3) is 5.57 Å². The summed E-state index contributed by atoms with van der Waals surface area (Å²) in [6.07, 6.45) is 28.9. The number of aryl methyl sites for hydroxylation is 6. The summed E-state index contributed by atoms with van der Waals surface area (Å²) >= 11 is 0. The molecule has 1 heterocycles. The molecule has 2 N–H and O–H groups in total. The third kappa shape index (κ3) is 11.1. The zero-order chi connectivity index (χ0) is 40.1. The van der Waals surface area contributed by atoms with Crippen LogP contribution < -0.4 is 10.6 Å². The standard InChI is InChI=1S/C52H81N2P/c1-13-19-23-43(16-4)35-55(36-44(17-5)24-20-14-2)47(45(18-6)25-21-15-3)34-52(49-41(11)32-38(8)33-42(49)12)27-22-26-46(50(52)51-53-28-29-54-51)48-39(9)30-37(7)31-40(48)10/h22,26-27,30-34,43-45,53-54H,13-21,23-25,28-29,35-36H2,1-12H3. The lowest BCUT2D eigenvalue weighted by molar-refractivity contribution is 0.480. The normalized spacial score (nSPS) is 19.6. The summed E-state index contributed by atoms with van der Waals surface area (Å²) in [5.41, 5.74) is 13.5. The monoisotopic (exact) mass is 765 g/mol. The Morgan fingerprint density at radius 1 is 0.673 bits per heavy atom. The summed E-state index contributed by atoms with van der Waals surface area (Å²) in [7, 11) is -0.354. The molecule has 3 heteroatoms. The van der Waals surface area contributed by atoms with Crippen LogP contribution in [0.5, 0.6) is 0 Å². The van der Waals surface area contributed by atoms with Gasteiger partial charge in [0.15, 0.2) is 0 Å². The van der Waals surface area contributed by atoms with Gasteiger partial charge in [-0.2, -0.15) is 0 Å². The Balaban J connectivity index is 2.17. The quantitative estimate of drug-likeness (QED) is 0.124. The van der Waals surface area contributed by atoms with Crippen molar-refractivity contribution in [3.05, 3.63) is 110 Å². The number of hydrogen-bond donors (Lipinski definition) is 2. The molecule has 2 aliphatic rings. The van der Waals surface area contributed by atoms with Gasteiger partial charge in [0.05, 0.1) is 5.41 Å². The lowest BCUT2D eigenvalue weighted by atomic mass is 9.64. The second-order valence-electron chi connectivity index (χ2n) is 17.5. The molecule has 304 valence electrons. The highest BCUT2D eigenvalue weighted by atomic mass is 31.1. The van der Waals surface area contributed by atoms with Gasteiger partial charge in [-0.25, -0.2) is 0 Å². The molecule has 1 saturated heterocycles. The van der Waals surface area contributed by atoms with Crippen molar-refractivity contribution in [3.63, 3.8) is 0 Å². The minimum absolute atomic E-state index is 0.354. The largest absolute Gasteiger partial charge is 0.370 e. The van der Waals surface area contributed by atoms with Gasteiger partial charge in [-0.1, -0.05) is 173 Å². The molecule has 2 aromatic carbocycles. The molecule has 0 saturated carbocycles. The first-order valence-electron chi connectivity index (χ1n) is 22.7. The van der Waals surface area contributed by atoms with Gasteiger partial charge >= 0.3 is 0 Å². The van der Waals surface area contributed by atoms with Crippen LogP contribution in [0.3, 0.4) is 0 Å². The molecule has 2 nitrogen and oxygen atoms in total. The fourth-order valence-corrected chi connectivity index (χ4v) is 14.1. The fourth-order valence-electron chi connectivity index (χ4n) is 10.1. The van der Waals surface area contributed by atoms with Crippen LogP contribution in [0.1, 0.15) is 163 Å². The molecule has 2 aromatic rings. The van der Waals surface area contributed by atoms with Crippen LogP contribution in [0.15, 0.2) is 65.3 Å². The van der Waals surface area contributed by atoms with Gasteiger partial charge in [0, 0.05) is 18.7 Å². The van der Waals surface area contributed by atoms with Crippen LogP contribution in [0, 0.1) is 59.3 Å². The molecule has 1 aliphatic heterocycles. The highest BCUT2D eigenvalue weighted by molar-refractivity contribution is 7.62. The Morgan fingerprint density at radius 2 is 1.16 bits per heavy atom. The summed E-state index contributed by atoms with van der Waals surface area (Å²) in [6.45, 7) is 30.5. The van der Waals surface area contributed by atoms with Crippen LogP contribution in [0.2, 0.25) is 0 Å². The average Bonchev–Trinajstić information content (AvgIpc) is 3.68. The van der Waals surface area contributed by atoms with E-state index in [1.165, 1.54) is 151 Å². The topological polar surface area (TPSA) is 24.1 Å². The summed E-state index contributed by atoms with van der Waals surface area (Å²) in [5.74, 6) is 3.42. The first-order valence-corrected chi connectivity index (χ1v) is 24.5. The van der Waals surface area contributed by atoms with Gasteiger partial charge in [-0.3, -0.25) is 0 Å². The van der Waals surface area contributed by atoms with Crippen molar-refractivity contribution in [2.45, 2.75) is 166 Å². The van der Waals surface area contributed by atoms with Crippen LogP contribution in [-0.4, -0.2) is 25.4 Å². The summed E-state index contributed by atoms with van der Waals surface area (Å²) in [4.78, 5) is 0. The van der Waals surface area contributed by atoms with Crippen molar-refractivity contribution in [3.8, 4) is 0 Å². The van der Waals surface area contributed by atoms with E-state index in [1.807, 2.05) is 5.31 Å². The lowest BCUT2D eigenvalue weighted by Crippen LogP contribution is -2.34. The van der Waals surface area contributed by atoms with E-state index in [2.05, 4.69) is 142 Å². The molecular formula is C52H81N2P. The molecule has 0 bridgehead atoms. The SMILES string of the molecule is CCCCC(CC)CP(CC(CC)CCCC)C(=CC1(c2c(C)cc(C)cc2C)C=CC=C(c2c(C)cc(C)cc2C)C1=C1NCCN1)C(CC)CCCC. The smallest absolute Gasteiger partial charge is 0.104 e. The molecule has 0 aromatic heterocycles. The first kappa shape index (κ1) is 45.1. The molecule has 4 unspecified atom stereocenters. The van der Waals surface area contributed by atoms with E-state index in [9.17, 15) is 0 Å². The number of unbranched alkanes of at least 4 members (excludes halogenated alkanes) is 3. The van der Waals surface area contributed by atoms with Gasteiger partial charge < -0.3 is 10.6 Å². The third-order valence-corrected chi connectivity index (χ3v) is 16.1. The van der Waals surface area contributed by atoms with Gasteiger partial charge in [-0.05, 0) is 129 Å². The van der Waals surface area contributed by atoms with Crippen molar-refractivity contribution >= 4 is 13.5 Å². The van der Waals surface area contributed by atoms with E-state index in [-0.39, 0.29) is 7.92 Å². The van der Waals surface area contributed by atoms with Crippen molar-refractivity contribution in [1.82, 2.24) is 10.6 Å². The Kier molecular flexibility index (Phi) is 17.9. The maximum absolute atomic E-state index is 3.93. The van der Waals surface area contributed by atoms with Crippen molar-refractivity contribution in [2.24, 2.45) is 17.8 Å². The number of rotatable bonds is 21. The van der Waals surface area contributed by atoms with Gasteiger partial charge in [0.2, 0.25) is 0 Å². The van der Waals surface area contributed by atoms with Crippen molar-refractivity contribution < 1.29 is 0 Å². The summed E-state index contributed by atoms with van der Waals surface area (Å²) in [6, 6.07) is 9.70. The molecule has 55 heavy (non-hydrogen) atoms. The predicted molar refractivity (Wildman–Crippen MR) is 248 cm³/mol. The Hall–Kier alpha value is -2.57. The molecule has 4 rings (SSSR count). The number of allylic oxidation sites excluding steroid dienone is 7. The van der Waals surface area contributed by atoms with Crippen LogP contribution >= 0.6 is 7.92 Å². The molecule has 0 spiro atoms. The Morgan fingerprint density at radius 3 is 1.64 bits per heavy atom. The maximum atomic E-state index is 3.93. The molecule has 1 fully saturated rings. The summed E-state index contributed by atoms with van der Waals surface area (Å²) in [5, 5.41) is 9.69. The minimum Gasteiger partial charge on any atom is -0.370 e. The second kappa shape index (κ2) is 21.8. The van der Waals surface area contributed by atoms with E-state index in [0.29, 0.717) is 5.92 Å². The second-order valence-corrected chi connectivity index (χ2v) is 19.8. The van der Waals surface area contributed by atoms with Crippen LogP contribution in [-0.2, 0) is 5.41 Å². The number of hydrogen-bond acceptors (Lipinski definition) is 2. The zero-order valence-electron chi connectivity index (χ0n) is 37.6. The van der Waals surface area contributed by atoms with E-state index in [0.717, 1.165) is 24.9 Å². The first-order chi connectivity index (χ1) is 26.5. The highest BCUT2D eigenvalue weighted by Gasteiger charge is 2.43. The van der Waals surface area contributed by atoms with Crippen LogP contribution in [0.4, 0.5) is 0 Å². The summed E-state index contributed by atoms with van der Waals surface area (Å²) < 4.78 is 0. The molecule has 1 aliphatic carbocycles. The molecular weight excluding hydrogens is 684 g/mol. The number of benzene rings is 2. The van der Waals surface area contributed by atoms with Gasteiger partial charge in [0.25, 0.3) is 0 Å². The lowest BCUT2D eigenvalue weighted by Gasteiger charge is -2.42. The Labute approximate surface area is 341 Å². The number of nitrogens with one attached hydrogen (secondary N) is 2. The molecule has 0 amide bonds. The zero-order valence-corrected chi connectivity index (χ0v) is 38.5. The van der Waals surface area contributed by atoms with Gasteiger partial charge in [0.1, 0.15) is 5.82 Å². The average molecular weight is 765 g/mol. The fraction of sp³-hybridized carbons (Fsp3) is 0.615. The van der Waals surface area contributed by atoms with E-state index in [1.54, 1.807) is 0 Å². The van der Waals surface area contributed by atoms with E-state index in [4.69, 9.17) is 0 Å². The molecule has 0 radical (unpaired) electrons. The van der Waals surface area contributed by atoms with E-state index < -0.39 is 5.41 Å². The van der Waals surface area contributed by atoms with Crippen molar-refractivity contribution in [1.29, 1.82) is 0 Å². The highest BCUT2D eigenvalue weighted by Crippen LogP contribution is 2.58. The maximum Gasteiger partial charge on any atom is 0.104 e. The molecule has 4 atom stereocenters. The Bertz CT molecular complexity index is 1600. The van der Waals surface area contributed by atoms with Crippen molar-refractivity contribution in [2.75, 3.05) is 25.4 Å². The predicted octanol–water partition coefficient (Wildman–Crippen LogP) is 14.8. The third-order valence-electron chi connectivity index (χ3n) is 12.9.